The Morgan fingerprint density at radius 1 is 1.25 bits per heavy atom. The molecule has 0 aliphatic heterocycles. The van der Waals surface area contributed by atoms with Gasteiger partial charge in [-0.25, -0.2) is 9.67 Å². The molecule has 5 heteroatoms. The van der Waals surface area contributed by atoms with Gasteiger partial charge in [-0.05, 0) is 5.56 Å². The first-order valence-corrected chi connectivity index (χ1v) is 6.35. The first-order valence-electron chi connectivity index (χ1n) is 6.35. The van der Waals surface area contributed by atoms with Crippen LogP contribution in [0, 0.1) is 0 Å². The summed E-state index contributed by atoms with van der Waals surface area (Å²) in [6, 6.07) is 9.97. The van der Waals surface area contributed by atoms with Gasteiger partial charge >= 0.3 is 0 Å². The molecular formula is C15H14N4O. The molecule has 0 radical (unpaired) electrons. The summed E-state index contributed by atoms with van der Waals surface area (Å²) >= 11 is 0. The molecule has 0 spiro atoms. The van der Waals surface area contributed by atoms with E-state index in [0.717, 1.165) is 5.56 Å². The monoisotopic (exact) mass is 266 g/mol. The Morgan fingerprint density at radius 3 is 2.80 bits per heavy atom. The molecule has 2 heterocycles. The Balaban J connectivity index is 2.04. The van der Waals surface area contributed by atoms with Crippen LogP contribution in [-0.2, 0) is 13.1 Å². The van der Waals surface area contributed by atoms with Crippen molar-refractivity contribution in [2.24, 2.45) is 0 Å². The summed E-state index contributed by atoms with van der Waals surface area (Å²) in [4.78, 5) is 16.5. The van der Waals surface area contributed by atoms with Gasteiger partial charge < -0.3 is 0 Å². The van der Waals surface area contributed by atoms with Crippen LogP contribution >= 0.6 is 0 Å². The Kier molecular flexibility index (Phi) is 3.16. The van der Waals surface area contributed by atoms with Crippen molar-refractivity contribution < 1.29 is 0 Å². The van der Waals surface area contributed by atoms with E-state index in [2.05, 4.69) is 16.7 Å². The number of hydrogen-bond acceptors (Lipinski definition) is 3. The second-order valence-corrected chi connectivity index (χ2v) is 4.52. The molecule has 0 amide bonds. The maximum absolute atomic E-state index is 12.2. The molecule has 0 saturated carbocycles. The van der Waals surface area contributed by atoms with Crippen LogP contribution in [0.25, 0.3) is 11.0 Å². The van der Waals surface area contributed by atoms with E-state index in [1.165, 1.54) is 10.9 Å². The van der Waals surface area contributed by atoms with E-state index < -0.39 is 0 Å². The number of aromatic nitrogens is 4. The third-order valence-corrected chi connectivity index (χ3v) is 3.12. The highest BCUT2D eigenvalue weighted by Crippen LogP contribution is 2.09. The van der Waals surface area contributed by atoms with Crippen LogP contribution in [0.2, 0.25) is 0 Å². The fraction of sp³-hybridized carbons (Fsp3) is 0.133. The first-order chi connectivity index (χ1) is 9.79. The van der Waals surface area contributed by atoms with Gasteiger partial charge in [0.05, 0.1) is 12.7 Å². The predicted octanol–water partition coefficient (Wildman–Crippen LogP) is 1.83. The molecule has 3 rings (SSSR count). The van der Waals surface area contributed by atoms with Crippen LogP contribution in [0.4, 0.5) is 0 Å². The van der Waals surface area contributed by atoms with Crippen molar-refractivity contribution in [2.75, 3.05) is 0 Å². The molecule has 0 unspecified atom stereocenters. The van der Waals surface area contributed by atoms with Crippen LogP contribution in [0.15, 0.2) is 60.3 Å². The van der Waals surface area contributed by atoms with E-state index in [1.807, 2.05) is 30.3 Å². The third kappa shape index (κ3) is 2.14. The topological polar surface area (TPSA) is 52.7 Å². The summed E-state index contributed by atoms with van der Waals surface area (Å²) in [5.74, 6) is 0. The summed E-state index contributed by atoms with van der Waals surface area (Å²) in [5, 5.41) is 4.80. The van der Waals surface area contributed by atoms with Gasteiger partial charge in [0.25, 0.3) is 5.56 Å². The summed E-state index contributed by atoms with van der Waals surface area (Å²) in [5.41, 5.74) is 1.64. The molecule has 1 aromatic carbocycles. The average Bonchev–Trinajstić information content (AvgIpc) is 2.87. The van der Waals surface area contributed by atoms with Crippen molar-refractivity contribution in [1.82, 2.24) is 19.3 Å². The molecule has 0 saturated heterocycles. The zero-order valence-corrected chi connectivity index (χ0v) is 10.9. The number of fused-ring (bicyclic) bond motifs is 1. The minimum Gasteiger partial charge on any atom is -0.295 e. The highest BCUT2D eigenvalue weighted by molar-refractivity contribution is 5.72. The molecule has 20 heavy (non-hydrogen) atoms. The number of nitrogens with zero attached hydrogens (tertiary/aromatic N) is 4. The van der Waals surface area contributed by atoms with E-state index in [1.54, 1.807) is 17.0 Å². The zero-order valence-electron chi connectivity index (χ0n) is 10.9. The Hall–Kier alpha value is -2.69. The van der Waals surface area contributed by atoms with Crippen LogP contribution in [0.5, 0.6) is 0 Å². The lowest BCUT2D eigenvalue weighted by atomic mass is 10.2. The Labute approximate surface area is 115 Å². The number of allylic oxidation sites excluding steroid dienone is 1. The maximum Gasteiger partial charge on any atom is 0.264 e. The SMILES string of the molecule is C=CCn1cnc2c(cnn2Cc2ccccc2)c1=O. The molecule has 0 N–H and O–H groups in total. The van der Waals surface area contributed by atoms with Crippen LogP contribution in [0.1, 0.15) is 5.56 Å². The highest BCUT2D eigenvalue weighted by Gasteiger charge is 2.09. The van der Waals surface area contributed by atoms with E-state index >= 15 is 0 Å². The minimum absolute atomic E-state index is 0.0887. The van der Waals surface area contributed by atoms with E-state index in [0.29, 0.717) is 24.1 Å². The second kappa shape index (κ2) is 5.13. The summed E-state index contributed by atoms with van der Waals surface area (Å²) in [7, 11) is 0. The van der Waals surface area contributed by atoms with Gasteiger partial charge in [-0.1, -0.05) is 36.4 Å². The Bertz CT molecular complexity index is 802. The highest BCUT2D eigenvalue weighted by atomic mass is 16.1. The molecule has 3 aromatic rings. The minimum atomic E-state index is -0.0887. The van der Waals surface area contributed by atoms with Gasteiger partial charge in [0.1, 0.15) is 11.7 Å². The molecule has 0 aliphatic carbocycles. The van der Waals surface area contributed by atoms with E-state index in [-0.39, 0.29) is 5.56 Å². The van der Waals surface area contributed by atoms with Gasteiger partial charge in [-0.15, -0.1) is 6.58 Å². The Morgan fingerprint density at radius 2 is 2.05 bits per heavy atom. The fourth-order valence-corrected chi connectivity index (χ4v) is 2.14. The molecule has 0 bridgehead atoms. The number of benzene rings is 1. The van der Waals surface area contributed by atoms with Crippen molar-refractivity contribution in [3.05, 3.63) is 71.4 Å². The number of rotatable bonds is 4. The molecule has 0 aliphatic rings. The molecule has 5 nitrogen and oxygen atoms in total. The molecule has 0 fully saturated rings. The van der Waals surface area contributed by atoms with Crippen LogP contribution in [0.3, 0.4) is 0 Å². The molecule has 100 valence electrons. The maximum atomic E-state index is 12.2. The number of hydrogen-bond donors (Lipinski definition) is 0. The first kappa shape index (κ1) is 12.3. The van der Waals surface area contributed by atoms with E-state index in [4.69, 9.17) is 0 Å². The zero-order chi connectivity index (χ0) is 13.9. The third-order valence-electron chi connectivity index (χ3n) is 3.12. The van der Waals surface area contributed by atoms with E-state index in [9.17, 15) is 4.79 Å². The fourth-order valence-electron chi connectivity index (χ4n) is 2.14. The van der Waals surface area contributed by atoms with Crippen LogP contribution in [-0.4, -0.2) is 19.3 Å². The normalized spacial score (nSPS) is 10.8. The van der Waals surface area contributed by atoms with Gasteiger partial charge in [0.15, 0.2) is 5.65 Å². The lowest BCUT2D eigenvalue weighted by molar-refractivity contribution is 0.697. The standard InChI is InChI=1S/C15H14N4O/c1-2-8-18-11-16-14-13(15(18)20)9-17-19(14)10-12-6-4-3-5-7-12/h2-7,9,11H,1,8,10H2. The summed E-state index contributed by atoms with van der Waals surface area (Å²) in [6.45, 7) is 4.68. The second-order valence-electron chi connectivity index (χ2n) is 4.52. The quantitative estimate of drug-likeness (QED) is 0.677. The molecular weight excluding hydrogens is 252 g/mol. The van der Waals surface area contributed by atoms with Crippen molar-refractivity contribution in [2.45, 2.75) is 13.1 Å². The van der Waals surface area contributed by atoms with Crippen molar-refractivity contribution in [1.29, 1.82) is 0 Å². The van der Waals surface area contributed by atoms with Gasteiger partial charge in [-0.3, -0.25) is 9.36 Å². The van der Waals surface area contributed by atoms with Crippen molar-refractivity contribution in [3.63, 3.8) is 0 Å². The van der Waals surface area contributed by atoms with Crippen LogP contribution < -0.4 is 5.56 Å². The summed E-state index contributed by atoms with van der Waals surface area (Å²) in [6.07, 6.45) is 4.78. The summed E-state index contributed by atoms with van der Waals surface area (Å²) < 4.78 is 3.26. The average molecular weight is 266 g/mol. The van der Waals surface area contributed by atoms with Gasteiger partial charge in [0.2, 0.25) is 0 Å². The lowest BCUT2D eigenvalue weighted by Gasteiger charge is -2.04. The largest absolute Gasteiger partial charge is 0.295 e. The lowest BCUT2D eigenvalue weighted by Crippen LogP contribution is -2.19. The van der Waals surface area contributed by atoms with Gasteiger partial charge in [-0.2, -0.15) is 5.10 Å². The van der Waals surface area contributed by atoms with Crippen molar-refractivity contribution >= 4 is 11.0 Å². The van der Waals surface area contributed by atoms with Gasteiger partial charge in [0, 0.05) is 6.54 Å². The molecule has 2 aromatic heterocycles. The molecule has 0 atom stereocenters. The smallest absolute Gasteiger partial charge is 0.264 e. The predicted molar refractivity (Wildman–Crippen MR) is 77.5 cm³/mol. The van der Waals surface area contributed by atoms with Crippen molar-refractivity contribution in [3.8, 4) is 0 Å².